The number of benzene rings is 2. The SMILES string of the molecule is FCCCC[Si@H]1CC[C@H](c2ccc(-c3ccc(F)c(F)c3)cc2)CC1. The largest absolute Gasteiger partial charge is 0.251 e. The summed E-state index contributed by atoms with van der Waals surface area (Å²) in [5, 5.41) is 0. The fourth-order valence-electron chi connectivity index (χ4n) is 3.94. The minimum atomic E-state index is -0.812. The first-order valence-corrected chi connectivity index (χ1v) is 11.7. The van der Waals surface area contributed by atoms with E-state index >= 15 is 0 Å². The topological polar surface area (TPSA) is 0 Å². The van der Waals surface area contributed by atoms with E-state index in [1.165, 1.54) is 48.7 Å². The summed E-state index contributed by atoms with van der Waals surface area (Å²) in [6.07, 6.45) is 4.30. The Labute approximate surface area is 149 Å². The molecule has 3 rings (SSSR count). The normalized spacial score (nSPS) is 20.6. The van der Waals surface area contributed by atoms with Gasteiger partial charge in [0.1, 0.15) is 0 Å². The quantitative estimate of drug-likeness (QED) is 0.407. The summed E-state index contributed by atoms with van der Waals surface area (Å²) < 4.78 is 38.7. The third kappa shape index (κ3) is 4.75. The molecule has 4 heteroatoms. The van der Waals surface area contributed by atoms with Gasteiger partial charge < -0.3 is 0 Å². The predicted octanol–water partition coefficient (Wildman–Crippen LogP) is 6.49. The first-order valence-electron chi connectivity index (χ1n) is 9.28. The Hall–Kier alpha value is -1.55. The van der Waals surface area contributed by atoms with Gasteiger partial charge in [0.15, 0.2) is 11.6 Å². The molecule has 0 radical (unpaired) electrons. The van der Waals surface area contributed by atoms with Gasteiger partial charge in [0.05, 0.1) is 6.67 Å². The predicted molar refractivity (Wildman–Crippen MR) is 101 cm³/mol. The summed E-state index contributed by atoms with van der Waals surface area (Å²) >= 11 is 0. The molecule has 2 aromatic carbocycles. The van der Waals surface area contributed by atoms with Crippen LogP contribution in [0.4, 0.5) is 13.2 Å². The monoisotopic (exact) mass is 362 g/mol. The van der Waals surface area contributed by atoms with Crippen molar-refractivity contribution in [1.82, 2.24) is 0 Å². The molecule has 25 heavy (non-hydrogen) atoms. The molecule has 2 aromatic rings. The van der Waals surface area contributed by atoms with E-state index in [4.69, 9.17) is 0 Å². The van der Waals surface area contributed by atoms with Crippen LogP contribution in [0, 0.1) is 11.6 Å². The van der Waals surface area contributed by atoms with Crippen molar-refractivity contribution in [1.29, 1.82) is 0 Å². The average Bonchev–Trinajstić information content (AvgIpc) is 2.65. The summed E-state index contributed by atoms with van der Waals surface area (Å²) in [5.74, 6) is -1.01. The fourth-order valence-corrected chi connectivity index (χ4v) is 7.41. The van der Waals surface area contributed by atoms with Crippen LogP contribution in [-0.2, 0) is 0 Å². The van der Waals surface area contributed by atoms with Crippen LogP contribution in [0.3, 0.4) is 0 Å². The van der Waals surface area contributed by atoms with E-state index in [1.807, 2.05) is 12.1 Å². The van der Waals surface area contributed by atoms with Crippen LogP contribution in [0.2, 0.25) is 18.1 Å². The smallest absolute Gasteiger partial charge is 0.159 e. The highest BCUT2D eigenvalue weighted by Crippen LogP contribution is 2.36. The van der Waals surface area contributed by atoms with Crippen LogP contribution in [0.15, 0.2) is 42.5 Å². The highest BCUT2D eigenvalue weighted by Gasteiger charge is 2.23. The Kier molecular flexibility index (Phi) is 6.35. The van der Waals surface area contributed by atoms with Gasteiger partial charge in [0.2, 0.25) is 0 Å². The second-order valence-corrected chi connectivity index (χ2v) is 10.6. The van der Waals surface area contributed by atoms with Crippen LogP contribution in [0.1, 0.15) is 37.2 Å². The molecule has 0 amide bonds. The molecule has 0 nitrogen and oxygen atoms in total. The van der Waals surface area contributed by atoms with Gasteiger partial charge in [-0.25, -0.2) is 8.78 Å². The number of unbranched alkanes of at least 4 members (excludes halogenated alkanes) is 1. The molecule has 0 aromatic heterocycles. The Balaban J connectivity index is 1.59. The zero-order valence-electron chi connectivity index (χ0n) is 14.5. The first-order chi connectivity index (χ1) is 12.2. The summed E-state index contributed by atoms with van der Waals surface area (Å²) in [6, 6.07) is 16.3. The molecule has 0 saturated carbocycles. The number of halogens is 3. The lowest BCUT2D eigenvalue weighted by molar-refractivity contribution is 0.468. The highest BCUT2D eigenvalue weighted by atomic mass is 28.3. The second kappa shape index (κ2) is 8.70. The van der Waals surface area contributed by atoms with Gasteiger partial charge in [-0.15, -0.1) is 0 Å². The zero-order valence-corrected chi connectivity index (χ0v) is 15.6. The number of hydrogen-bond acceptors (Lipinski definition) is 0. The van der Waals surface area contributed by atoms with Crippen LogP contribution in [-0.4, -0.2) is 15.5 Å². The molecule has 0 spiro atoms. The maximum Gasteiger partial charge on any atom is 0.159 e. The van der Waals surface area contributed by atoms with Crippen molar-refractivity contribution in [2.45, 2.75) is 49.7 Å². The van der Waals surface area contributed by atoms with Crippen molar-refractivity contribution in [3.8, 4) is 11.1 Å². The van der Waals surface area contributed by atoms with Crippen molar-refractivity contribution in [2.75, 3.05) is 6.67 Å². The first kappa shape index (κ1) is 18.2. The van der Waals surface area contributed by atoms with E-state index in [9.17, 15) is 13.2 Å². The van der Waals surface area contributed by atoms with E-state index in [0.29, 0.717) is 11.5 Å². The molecule has 1 saturated heterocycles. The lowest BCUT2D eigenvalue weighted by Crippen LogP contribution is -2.20. The molecular weight excluding hydrogens is 337 g/mol. The van der Waals surface area contributed by atoms with Gasteiger partial charge in [-0.3, -0.25) is 4.39 Å². The van der Waals surface area contributed by atoms with E-state index in [1.54, 1.807) is 6.07 Å². The molecule has 0 bridgehead atoms. The van der Waals surface area contributed by atoms with Crippen molar-refractivity contribution >= 4 is 8.80 Å². The number of alkyl halides is 1. The van der Waals surface area contributed by atoms with Crippen LogP contribution in [0.25, 0.3) is 11.1 Å². The molecule has 134 valence electrons. The van der Waals surface area contributed by atoms with E-state index in [2.05, 4.69) is 12.1 Å². The maximum atomic E-state index is 13.4. The summed E-state index contributed by atoms with van der Waals surface area (Å²) in [7, 11) is -0.633. The van der Waals surface area contributed by atoms with Crippen molar-refractivity contribution in [2.24, 2.45) is 0 Å². The van der Waals surface area contributed by atoms with Crippen molar-refractivity contribution < 1.29 is 13.2 Å². The molecule has 0 aliphatic carbocycles. The fraction of sp³-hybridized carbons (Fsp3) is 0.429. The standard InChI is InChI=1S/C21H25F3Si/c22-11-1-2-12-25-13-9-18(10-14-25)16-3-5-17(6-4-16)19-7-8-20(23)21(24)15-19/h3-8,15,18,25H,1-2,9-14H2/t18-,25-. The lowest BCUT2D eigenvalue weighted by atomic mass is 9.92. The van der Waals surface area contributed by atoms with Gasteiger partial charge >= 0.3 is 0 Å². The Morgan fingerprint density at radius 3 is 2.16 bits per heavy atom. The minimum Gasteiger partial charge on any atom is -0.251 e. The van der Waals surface area contributed by atoms with Crippen molar-refractivity contribution in [3.05, 3.63) is 59.7 Å². The highest BCUT2D eigenvalue weighted by molar-refractivity contribution is 6.59. The maximum absolute atomic E-state index is 13.4. The van der Waals surface area contributed by atoms with Crippen LogP contribution < -0.4 is 0 Å². The third-order valence-electron chi connectivity index (χ3n) is 5.48. The van der Waals surface area contributed by atoms with Crippen LogP contribution >= 0.6 is 0 Å². The summed E-state index contributed by atoms with van der Waals surface area (Å²) in [6.45, 7) is -0.173. The molecular formula is C21H25F3Si. The summed E-state index contributed by atoms with van der Waals surface area (Å²) in [4.78, 5) is 0. The van der Waals surface area contributed by atoms with Gasteiger partial charge in [-0.05, 0) is 54.0 Å². The Morgan fingerprint density at radius 1 is 0.840 bits per heavy atom. The lowest BCUT2D eigenvalue weighted by Gasteiger charge is -2.28. The van der Waals surface area contributed by atoms with E-state index in [-0.39, 0.29) is 6.67 Å². The van der Waals surface area contributed by atoms with Crippen LogP contribution in [0.5, 0.6) is 0 Å². The minimum absolute atomic E-state index is 0.173. The molecule has 1 aliphatic heterocycles. The Bertz CT molecular complexity index is 676. The van der Waals surface area contributed by atoms with Gasteiger partial charge in [0, 0.05) is 8.80 Å². The van der Waals surface area contributed by atoms with Gasteiger partial charge in [-0.2, -0.15) is 0 Å². The molecule has 0 N–H and O–H groups in total. The van der Waals surface area contributed by atoms with E-state index < -0.39 is 20.4 Å². The number of rotatable bonds is 6. The molecule has 1 fully saturated rings. The molecule has 0 atom stereocenters. The second-order valence-electron chi connectivity index (χ2n) is 7.15. The Morgan fingerprint density at radius 2 is 1.52 bits per heavy atom. The third-order valence-corrected chi connectivity index (χ3v) is 9.00. The molecule has 1 heterocycles. The average molecular weight is 363 g/mol. The zero-order chi connectivity index (χ0) is 17.6. The molecule has 0 unspecified atom stereocenters. The van der Waals surface area contributed by atoms with Gasteiger partial charge in [0.25, 0.3) is 0 Å². The van der Waals surface area contributed by atoms with E-state index in [0.717, 1.165) is 18.4 Å². The molecule has 1 aliphatic rings. The summed E-state index contributed by atoms with van der Waals surface area (Å²) in [5.41, 5.74) is 2.97. The number of hydrogen-bond donors (Lipinski definition) is 0. The van der Waals surface area contributed by atoms with Crippen molar-refractivity contribution in [3.63, 3.8) is 0 Å². The van der Waals surface area contributed by atoms with Gasteiger partial charge in [-0.1, -0.05) is 54.9 Å².